The molecule has 0 bridgehead atoms. The van der Waals surface area contributed by atoms with Crippen molar-refractivity contribution in [2.75, 3.05) is 13.7 Å². The van der Waals surface area contributed by atoms with Crippen molar-refractivity contribution in [3.63, 3.8) is 0 Å². The van der Waals surface area contributed by atoms with E-state index in [0.29, 0.717) is 13.1 Å². The standard InChI is InChI=1S/C32H36N6O2/c1-5-30(31-34-35-36-38(31)20-25-11-13-28(40-4)14-12-25)37(16-15-24-9-7-6-8-10-24)21-27-19-26-17-22(2)23(3)18-29(26)33-32(27)39/h6-14,17-19,30H,5,15-16,20-21H2,1-4H3,(H,33,39)/t30-/m0/s1. The molecule has 0 saturated heterocycles. The monoisotopic (exact) mass is 536 g/mol. The molecule has 0 spiro atoms. The van der Waals surface area contributed by atoms with E-state index in [1.54, 1.807) is 7.11 Å². The zero-order valence-electron chi connectivity index (χ0n) is 23.6. The fraction of sp³-hybridized carbons (Fsp3) is 0.312. The van der Waals surface area contributed by atoms with Gasteiger partial charge in [0, 0.05) is 24.2 Å². The van der Waals surface area contributed by atoms with Crippen LogP contribution < -0.4 is 10.3 Å². The molecule has 0 unspecified atom stereocenters. The van der Waals surface area contributed by atoms with E-state index in [1.165, 1.54) is 11.1 Å². The number of ether oxygens (including phenoxy) is 1. The van der Waals surface area contributed by atoms with Gasteiger partial charge in [0.05, 0.1) is 19.7 Å². The highest BCUT2D eigenvalue weighted by atomic mass is 16.5. The van der Waals surface area contributed by atoms with Crippen LogP contribution in [0, 0.1) is 13.8 Å². The van der Waals surface area contributed by atoms with Crippen LogP contribution in [-0.4, -0.2) is 43.7 Å². The van der Waals surface area contributed by atoms with Crippen molar-refractivity contribution < 1.29 is 4.74 Å². The maximum Gasteiger partial charge on any atom is 0.252 e. The van der Waals surface area contributed by atoms with Crippen molar-refractivity contribution in [3.8, 4) is 5.75 Å². The maximum atomic E-state index is 13.3. The van der Waals surface area contributed by atoms with E-state index in [2.05, 4.69) is 76.5 Å². The number of nitrogens with one attached hydrogen (secondary N) is 1. The lowest BCUT2D eigenvalue weighted by atomic mass is 10.0. The summed E-state index contributed by atoms with van der Waals surface area (Å²) in [5, 5.41) is 13.9. The summed E-state index contributed by atoms with van der Waals surface area (Å²) in [4.78, 5) is 18.7. The first-order chi connectivity index (χ1) is 19.4. The van der Waals surface area contributed by atoms with E-state index in [9.17, 15) is 4.79 Å². The van der Waals surface area contributed by atoms with Crippen LogP contribution in [0.2, 0.25) is 0 Å². The van der Waals surface area contributed by atoms with Crippen LogP contribution in [0.1, 0.15) is 53.0 Å². The number of benzene rings is 3. The van der Waals surface area contributed by atoms with Gasteiger partial charge in [-0.05, 0) is 95.1 Å². The molecule has 8 nitrogen and oxygen atoms in total. The van der Waals surface area contributed by atoms with E-state index < -0.39 is 0 Å². The summed E-state index contributed by atoms with van der Waals surface area (Å²) >= 11 is 0. The number of H-pyrrole nitrogens is 1. The number of rotatable bonds is 11. The molecule has 1 N–H and O–H groups in total. The first kappa shape index (κ1) is 27.3. The Labute approximate surface area is 234 Å². The van der Waals surface area contributed by atoms with Crippen LogP contribution in [0.3, 0.4) is 0 Å². The minimum absolute atomic E-state index is 0.0619. The molecule has 40 heavy (non-hydrogen) atoms. The summed E-state index contributed by atoms with van der Waals surface area (Å²) in [5.41, 5.74) is 6.23. The number of hydrogen-bond donors (Lipinski definition) is 1. The van der Waals surface area contributed by atoms with Gasteiger partial charge in [-0.1, -0.05) is 49.4 Å². The minimum Gasteiger partial charge on any atom is -0.497 e. The molecule has 0 saturated carbocycles. The first-order valence-corrected chi connectivity index (χ1v) is 13.7. The third kappa shape index (κ3) is 6.13. The molecule has 3 aromatic carbocycles. The number of hydrogen-bond acceptors (Lipinski definition) is 6. The van der Waals surface area contributed by atoms with Crippen LogP contribution in [0.15, 0.2) is 77.6 Å². The van der Waals surface area contributed by atoms with Gasteiger partial charge in [-0.15, -0.1) is 5.10 Å². The lowest BCUT2D eigenvalue weighted by Gasteiger charge is -2.30. The number of aryl methyl sites for hydroxylation is 2. The molecule has 2 aromatic heterocycles. The van der Waals surface area contributed by atoms with Gasteiger partial charge in [0.15, 0.2) is 5.82 Å². The minimum atomic E-state index is -0.0770. The summed E-state index contributed by atoms with van der Waals surface area (Å²) in [7, 11) is 1.66. The molecule has 0 aliphatic heterocycles. The Balaban J connectivity index is 1.47. The average Bonchev–Trinajstić information content (AvgIpc) is 3.42. The maximum absolute atomic E-state index is 13.3. The number of tetrazole rings is 1. The van der Waals surface area contributed by atoms with Crippen molar-refractivity contribution in [2.45, 2.75) is 52.7 Å². The van der Waals surface area contributed by atoms with Gasteiger partial charge in [-0.3, -0.25) is 9.69 Å². The second kappa shape index (κ2) is 12.3. The average molecular weight is 537 g/mol. The molecule has 8 heteroatoms. The van der Waals surface area contributed by atoms with Crippen LogP contribution >= 0.6 is 0 Å². The van der Waals surface area contributed by atoms with Crippen molar-refractivity contribution in [1.29, 1.82) is 0 Å². The molecule has 5 rings (SSSR count). The van der Waals surface area contributed by atoms with Gasteiger partial charge in [0.25, 0.3) is 5.56 Å². The molecule has 0 radical (unpaired) electrons. The van der Waals surface area contributed by atoms with Crippen molar-refractivity contribution in [1.82, 2.24) is 30.1 Å². The van der Waals surface area contributed by atoms with Gasteiger partial charge >= 0.3 is 0 Å². The molecule has 206 valence electrons. The summed E-state index contributed by atoms with van der Waals surface area (Å²) < 4.78 is 7.17. The van der Waals surface area contributed by atoms with E-state index in [0.717, 1.165) is 58.6 Å². The number of methoxy groups -OCH3 is 1. The summed E-state index contributed by atoms with van der Waals surface area (Å²) in [6.45, 7) is 8.09. The molecule has 5 aromatic rings. The van der Waals surface area contributed by atoms with Gasteiger partial charge in [0.2, 0.25) is 0 Å². The Bertz CT molecular complexity index is 1630. The largest absolute Gasteiger partial charge is 0.497 e. The number of aromatic amines is 1. The lowest BCUT2D eigenvalue weighted by molar-refractivity contribution is 0.172. The smallest absolute Gasteiger partial charge is 0.252 e. The van der Waals surface area contributed by atoms with Gasteiger partial charge in [-0.25, -0.2) is 4.68 Å². The third-order valence-electron chi connectivity index (χ3n) is 7.62. The Morgan fingerprint density at radius 2 is 1.73 bits per heavy atom. The molecule has 0 fully saturated rings. The highest BCUT2D eigenvalue weighted by molar-refractivity contribution is 5.80. The molecular weight excluding hydrogens is 500 g/mol. The summed E-state index contributed by atoms with van der Waals surface area (Å²) in [6.07, 6.45) is 1.64. The van der Waals surface area contributed by atoms with Crippen LogP contribution in [-0.2, 0) is 19.5 Å². The fourth-order valence-corrected chi connectivity index (χ4v) is 5.19. The van der Waals surface area contributed by atoms with Crippen molar-refractivity contribution >= 4 is 10.9 Å². The quantitative estimate of drug-likeness (QED) is 0.244. The number of nitrogens with zero attached hydrogens (tertiary/aromatic N) is 5. The molecular formula is C32H36N6O2. The summed E-state index contributed by atoms with van der Waals surface area (Å²) in [5.74, 6) is 1.60. The normalized spacial score (nSPS) is 12.2. The SMILES string of the molecule is CC[C@@H](c1nnnn1Cc1ccc(OC)cc1)N(CCc1ccccc1)Cc1cc2cc(C)c(C)cc2[nH]c1=O. The molecule has 2 heterocycles. The van der Waals surface area contributed by atoms with Gasteiger partial charge in [-0.2, -0.15) is 0 Å². The van der Waals surface area contributed by atoms with E-state index in [1.807, 2.05) is 47.1 Å². The first-order valence-electron chi connectivity index (χ1n) is 13.7. The predicted octanol–water partition coefficient (Wildman–Crippen LogP) is 5.38. The van der Waals surface area contributed by atoms with Gasteiger partial charge < -0.3 is 9.72 Å². The Morgan fingerprint density at radius 3 is 2.45 bits per heavy atom. The van der Waals surface area contributed by atoms with E-state index >= 15 is 0 Å². The van der Waals surface area contributed by atoms with E-state index in [-0.39, 0.29) is 11.6 Å². The molecule has 0 aliphatic carbocycles. The van der Waals surface area contributed by atoms with Crippen LogP contribution in [0.25, 0.3) is 10.9 Å². The second-order valence-electron chi connectivity index (χ2n) is 10.3. The third-order valence-corrected chi connectivity index (χ3v) is 7.62. The second-order valence-corrected chi connectivity index (χ2v) is 10.3. The molecule has 0 aliphatic rings. The van der Waals surface area contributed by atoms with E-state index in [4.69, 9.17) is 4.74 Å². The molecule has 1 atom stereocenters. The Morgan fingerprint density at radius 1 is 0.975 bits per heavy atom. The Hall–Kier alpha value is -4.30. The Kier molecular flexibility index (Phi) is 8.36. The summed E-state index contributed by atoms with van der Waals surface area (Å²) in [6, 6.07) is 24.5. The van der Waals surface area contributed by atoms with Crippen molar-refractivity contribution in [3.05, 3.63) is 117 Å². The molecule has 0 amide bonds. The predicted molar refractivity (Wildman–Crippen MR) is 158 cm³/mol. The topological polar surface area (TPSA) is 88.9 Å². The fourth-order valence-electron chi connectivity index (χ4n) is 5.19. The highest BCUT2D eigenvalue weighted by Crippen LogP contribution is 2.26. The van der Waals surface area contributed by atoms with Crippen LogP contribution in [0.5, 0.6) is 5.75 Å². The lowest BCUT2D eigenvalue weighted by Crippen LogP contribution is -2.34. The number of fused-ring (bicyclic) bond motifs is 1. The zero-order valence-corrected chi connectivity index (χ0v) is 23.6. The number of aromatic nitrogens is 5. The number of pyridine rings is 1. The van der Waals surface area contributed by atoms with Crippen molar-refractivity contribution in [2.24, 2.45) is 0 Å². The zero-order chi connectivity index (χ0) is 28.1. The van der Waals surface area contributed by atoms with Crippen LogP contribution in [0.4, 0.5) is 0 Å². The highest BCUT2D eigenvalue weighted by Gasteiger charge is 2.26. The van der Waals surface area contributed by atoms with Gasteiger partial charge in [0.1, 0.15) is 5.75 Å².